The number of hydrogen-bond donors (Lipinski definition) is 0. The van der Waals surface area contributed by atoms with Crippen LogP contribution >= 0.6 is 0 Å². The highest BCUT2D eigenvalue weighted by Crippen LogP contribution is 1.72. The third kappa shape index (κ3) is 5.56. The van der Waals surface area contributed by atoms with E-state index >= 15 is 0 Å². The lowest BCUT2D eigenvalue weighted by molar-refractivity contribution is 0.420. The van der Waals surface area contributed by atoms with Crippen LogP contribution in [-0.4, -0.2) is 32.1 Å². The normalized spacial score (nSPS) is 9.57. The monoisotopic (exact) mass is 102 g/mol. The van der Waals surface area contributed by atoms with Crippen LogP contribution in [0.5, 0.6) is 0 Å². The molecule has 0 N–H and O–H groups in total. The molecule has 0 unspecified atom stereocenters. The molecule has 0 radical (unpaired) electrons. The molecule has 0 saturated carbocycles. The summed E-state index contributed by atoms with van der Waals surface area (Å²) in [7, 11) is 3.82. The molecule has 0 saturated heterocycles. The molecule has 0 spiro atoms. The zero-order chi connectivity index (χ0) is 5.70. The highest BCUT2D eigenvalue weighted by molar-refractivity contribution is 4.44. The van der Waals surface area contributed by atoms with Crippen molar-refractivity contribution in [2.24, 2.45) is 5.18 Å². The highest BCUT2D eigenvalue weighted by Gasteiger charge is 1.84. The number of nitroso groups, excluding NO2 is 1. The molecule has 42 valence electrons. The first-order valence-electron chi connectivity index (χ1n) is 2.21. The zero-order valence-electron chi connectivity index (χ0n) is 4.72. The van der Waals surface area contributed by atoms with Crippen molar-refractivity contribution in [1.82, 2.24) is 4.90 Å². The van der Waals surface area contributed by atoms with Gasteiger partial charge < -0.3 is 4.90 Å². The number of likely N-dealkylation sites (N-methyl/N-ethyl adjacent to an activating group) is 1. The summed E-state index contributed by atoms with van der Waals surface area (Å²) < 4.78 is 0. The lowest BCUT2D eigenvalue weighted by Gasteiger charge is -2.02. The lowest BCUT2D eigenvalue weighted by Crippen LogP contribution is -2.14. The second kappa shape index (κ2) is 3.74. The van der Waals surface area contributed by atoms with Crippen LogP contribution < -0.4 is 0 Å². The Balaban J connectivity index is 2.81. The molecule has 3 nitrogen and oxygen atoms in total. The molecule has 0 rings (SSSR count). The number of hydrogen-bond acceptors (Lipinski definition) is 3. The van der Waals surface area contributed by atoms with E-state index in [0.717, 1.165) is 6.54 Å². The van der Waals surface area contributed by atoms with Gasteiger partial charge in [-0.3, -0.25) is 0 Å². The Morgan fingerprint density at radius 2 is 2.14 bits per heavy atom. The molecule has 0 heterocycles. The van der Waals surface area contributed by atoms with Crippen LogP contribution in [0, 0.1) is 4.91 Å². The Kier molecular flexibility index (Phi) is 3.50. The van der Waals surface area contributed by atoms with Crippen LogP contribution in [0.4, 0.5) is 0 Å². The van der Waals surface area contributed by atoms with Gasteiger partial charge in [0, 0.05) is 6.54 Å². The van der Waals surface area contributed by atoms with Gasteiger partial charge in [0.15, 0.2) is 0 Å². The van der Waals surface area contributed by atoms with Gasteiger partial charge in [0.1, 0.15) is 0 Å². The van der Waals surface area contributed by atoms with Gasteiger partial charge >= 0.3 is 0 Å². The fraction of sp³-hybridized carbons (Fsp3) is 1.00. The summed E-state index contributed by atoms with van der Waals surface area (Å²) in [5, 5.41) is 2.68. The molecule has 3 heteroatoms. The first-order valence-corrected chi connectivity index (χ1v) is 2.21. The molecule has 0 amide bonds. The Hall–Kier alpha value is -0.440. The van der Waals surface area contributed by atoms with E-state index in [1.807, 2.05) is 19.0 Å². The van der Waals surface area contributed by atoms with E-state index in [0.29, 0.717) is 6.54 Å². The zero-order valence-corrected chi connectivity index (χ0v) is 4.72. The molecule has 0 bridgehead atoms. The third-order valence-electron chi connectivity index (χ3n) is 0.639. The van der Waals surface area contributed by atoms with E-state index in [4.69, 9.17) is 0 Å². The van der Waals surface area contributed by atoms with Crippen LogP contribution in [-0.2, 0) is 0 Å². The van der Waals surface area contributed by atoms with Gasteiger partial charge in [-0.1, -0.05) is 5.18 Å². The second-order valence-electron chi connectivity index (χ2n) is 1.66. The molecular weight excluding hydrogens is 92.1 g/mol. The van der Waals surface area contributed by atoms with Gasteiger partial charge in [0.25, 0.3) is 0 Å². The van der Waals surface area contributed by atoms with Crippen LogP contribution in [0.25, 0.3) is 0 Å². The quantitative estimate of drug-likeness (QED) is 0.480. The summed E-state index contributed by atoms with van der Waals surface area (Å²) >= 11 is 0. The molecule has 0 aliphatic heterocycles. The third-order valence-corrected chi connectivity index (χ3v) is 0.639. The predicted octanol–water partition coefficient (Wildman–Crippen LogP) is 0.314. The van der Waals surface area contributed by atoms with Gasteiger partial charge in [-0.2, -0.15) is 4.91 Å². The summed E-state index contributed by atoms with van der Waals surface area (Å²) in [5.74, 6) is 0. The van der Waals surface area contributed by atoms with Crippen molar-refractivity contribution in [3.63, 3.8) is 0 Å². The summed E-state index contributed by atoms with van der Waals surface area (Å²) in [6, 6.07) is 0. The van der Waals surface area contributed by atoms with Crippen molar-refractivity contribution >= 4 is 0 Å². The van der Waals surface area contributed by atoms with E-state index < -0.39 is 0 Å². The first kappa shape index (κ1) is 6.56. The van der Waals surface area contributed by atoms with Gasteiger partial charge in [0.05, 0.1) is 6.54 Å². The minimum absolute atomic E-state index is 0.396. The van der Waals surface area contributed by atoms with E-state index in [1.54, 1.807) is 0 Å². The Morgan fingerprint density at radius 3 is 2.29 bits per heavy atom. The lowest BCUT2D eigenvalue weighted by atomic mass is 10.6. The summed E-state index contributed by atoms with van der Waals surface area (Å²) in [4.78, 5) is 11.4. The second-order valence-corrected chi connectivity index (χ2v) is 1.66. The SMILES string of the molecule is CN(C)CCN=O. The fourth-order valence-corrected chi connectivity index (χ4v) is 0.241. The van der Waals surface area contributed by atoms with E-state index in [-0.39, 0.29) is 0 Å². The maximum Gasteiger partial charge on any atom is 0.0937 e. The minimum Gasteiger partial charge on any atom is -0.307 e. The largest absolute Gasteiger partial charge is 0.307 e. The van der Waals surface area contributed by atoms with Crippen molar-refractivity contribution < 1.29 is 0 Å². The van der Waals surface area contributed by atoms with Crippen molar-refractivity contribution in [2.45, 2.75) is 0 Å². The van der Waals surface area contributed by atoms with Gasteiger partial charge in [0.2, 0.25) is 0 Å². The smallest absolute Gasteiger partial charge is 0.0937 e. The average Bonchev–Trinajstić information content (AvgIpc) is 1.61. The maximum atomic E-state index is 9.43. The van der Waals surface area contributed by atoms with Gasteiger partial charge in [-0.15, -0.1) is 0 Å². The number of nitrogens with zero attached hydrogens (tertiary/aromatic N) is 2. The van der Waals surface area contributed by atoms with E-state index in [9.17, 15) is 4.91 Å². The van der Waals surface area contributed by atoms with Crippen LogP contribution in [0.15, 0.2) is 5.18 Å². The number of rotatable bonds is 3. The molecule has 0 aliphatic rings. The Bertz CT molecular complexity index is 53.7. The molecule has 7 heavy (non-hydrogen) atoms. The van der Waals surface area contributed by atoms with E-state index in [1.165, 1.54) is 0 Å². The van der Waals surface area contributed by atoms with Crippen molar-refractivity contribution in [2.75, 3.05) is 27.2 Å². The molecule has 0 aromatic carbocycles. The average molecular weight is 102 g/mol. The Morgan fingerprint density at radius 1 is 1.57 bits per heavy atom. The van der Waals surface area contributed by atoms with Gasteiger partial charge in [-0.05, 0) is 14.1 Å². The van der Waals surface area contributed by atoms with E-state index in [2.05, 4.69) is 5.18 Å². The fourth-order valence-electron chi connectivity index (χ4n) is 0.241. The summed E-state index contributed by atoms with van der Waals surface area (Å²) in [5.41, 5.74) is 0. The summed E-state index contributed by atoms with van der Waals surface area (Å²) in [6.07, 6.45) is 0. The topological polar surface area (TPSA) is 32.7 Å². The highest BCUT2D eigenvalue weighted by atomic mass is 16.3. The predicted molar refractivity (Wildman–Crippen MR) is 29.2 cm³/mol. The van der Waals surface area contributed by atoms with Gasteiger partial charge in [-0.25, -0.2) is 0 Å². The summed E-state index contributed by atoms with van der Waals surface area (Å²) in [6.45, 7) is 1.15. The van der Waals surface area contributed by atoms with Crippen molar-refractivity contribution in [3.05, 3.63) is 4.91 Å². The maximum absolute atomic E-state index is 9.43. The molecule has 0 atom stereocenters. The first-order chi connectivity index (χ1) is 3.27. The molecular formula is C4H10N2O. The van der Waals surface area contributed by atoms with Crippen molar-refractivity contribution in [1.29, 1.82) is 0 Å². The van der Waals surface area contributed by atoms with Crippen LogP contribution in [0.1, 0.15) is 0 Å². The standard InChI is InChI=1S/C4H10N2O/c1-6(2)4-3-5-7/h3-4H2,1-2H3. The molecule has 0 fully saturated rings. The van der Waals surface area contributed by atoms with Crippen LogP contribution in [0.3, 0.4) is 0 Å². The Labute approximate surface area is 43.3 Å². The molecule has 0 aliphatic carbocycles. The minimum atomic E-state index is 0.396. The van der Waals surface area contributed by atoms with Crippen molar-refractivity contribution in [3.8, 4) is 0 Å². The van der Waals surface area contributed by atoms with Crippen LogP contribution in [0.2, 0.25) is 0 Å². The molecule has 0 aromatic rings. The molecule has 0 aromatic heterocycles.